The largest absolute Gasteiger partial charge is 0.360 e. The Bertz CT molecular complexity index is 795. The zero-order valence-corrected chi connectivity index (χ0v) is 14.3. The third kappa shape index (κ3) is 2.91. The fraction of sp³-hybridized carbons (Fsp3) is 0.556. The van der Waals surface area contributed by atoms with Crippen molar-refractivity contribution >= 4 is 0 Å². The van der Waals surface area contributed by atoms with Gasteiger partial charge in [0.1, 0.15) is 0 Å². The van der Waals surface area contributed by atoms with Gasteiger partial charge in [-0.05, 0) is 38.9 Å². The van der Waals surface area contributed by atoms with Crippen LogP contribution in [0.25, 0.3) is 0 Å². The standard InChI is InChI=1S/C18H24N4O2/c1-12-5-16(24-20-12)11-21(2)10-14-3-4-17-15-6-13(7-19-8-15)9-22(17)18(14)23/h3-5,13,15,19H,6-11H2,1-2H3/t13-,15+/m0/s1. The predicted molar refractivity (Wildman–Crippen MR) is 90.8 cm³/mol. The van der Waals surface area contributed by atoms with Crippen LogP contribution in [0.2, 0.25) is 0 Å². The Hall–Kier alpha value is -1.92. The lowest BCUT2D eigenvalue weighted by molar-refractivity contribution is 0.250. The molecular formula is C18H24N4O2. The van der Waals surface area contributed by atoms with Crippen molar-refractivity contribution in [3.8, 4) is 0 Å². The summed E-state index contributed by atoms with van der Waals surface area (Å²) >= 11 is 0. The molecule has 2 atom stereocenters. The molecule has 2 aliphatic rings. The van der Waals surface area contributed by atoms with Gasteiger partial charge in [-0.2, -0.15) is 0 Å². The van der Waals surface area contributed by atoms with Crippen LogP contribution in [0.4, 0.5) is 0 Å². The third-order valence-electron chi connectivity index (χ3n) is 5.13. The molecule has 0 unspecified atom stereocenters. The topological polar surface area (TPSA) is 63.3 Å². The maximum atomic E-state index is 12.9. The van der Waals surface area contributed by atoms with Crippen molar-refractivity contribution in [1.82, 2.24) is 19.9 Å². The smallest absolute Gasteiger partial charge is 0.255 e. The second kappa shape index (κ2) is 6.18. The molecule has 2 bridgehead atoms. The van der Waals surface area contributed by atoms with Crippen molar-refractivity contribution in [2.75, 3.05) is 20.1 Å². The SMILES string of the molecule is Cc1cc(CN(C)Cc2ccc3n(c2=O)C[C@@H]2CNC[C@H]3C2)on1. The third-order valence-corrected chi connectivity index (χ3v) is 5.13. The van der Waals surface area contributed by atoms with Crippen LogP contribution >= 0.6 is 0 Å². The molecule has 6 heteroatoms. The minimum Gasteiger partial charge on any atom is -0.360 e. The van der Waals surface area contributed by atoms with E-state index >= 15 is 0 Å². The summed E-state index contributed by atoms with van der Waals surface area (Å²) in [5.41, 5.74) is 3.10. The highest BCUT2D eigenvalue weighted by molar-refractivity contribution is 5.22. The highest BCUT2D eigenvalue weighted by Crippen LogP contribution is 2.31. The summed E-state index contributed by atoms with van der Waals surface area (Å²) in [6, 6.07) is 6.09. The van der Waals surface area contributed by atoms with Gasteiger partial charge in [-0.1, -0.05) is 11.2 Å². The Balaban J connectivity index is 1.54. The fourth-order valence-electron chi connectivity index (χ4n) is 4.06. The van der Waals surface area contributed by atoms with Crippen molar-refractivity contribution in [3.63, 3.8) is 0 Å². The summed E-state index contributed by atoms with van der Waals surface area (Å²) in [4.78, 5) is 15.0. The highest BCUT2D eigenvalue weighted by Gasteiger charge is 2.31. The van der Waals surface area contributed by atoms with Crippen molar-refractivity contribution in [3.05, 3.63) is 51.3 Å². The van der Waals surface area contributed by atoms with Crippen LogP contribution in [0.5, 0.6) is 0 Å². The maximum Gasteiger partial charge on any atom is 0.255 e. The first kappa shape index (κ1) is 15.6. The van der Waals surface area contributed by atoms with Gasteiger partial charge < -0.3 is 14.4 Å². The molecule has 2 aliphatic heterocycles. The summed E-state index contributed by atoms with van der Waals surface area (Å²) in [5.74, 6) is 1.89. The molecule has 4 heterocycles. The van der Waals surface area contributed by atoms with Crippen LogP contribution in [0.3, 0.4) is 0 Å². The van der Waals surface area contributed by atoms with Gasteiger partial charge in [-0.15, -0.1) is 0 Å². The number of pyridine rings is 1. The fourth-order valence-corrected chi connectivity index (χ4v) is 4.06. The zero-order chi connectivity index (χ0) is 16.7. The molecule has 24 heavy (non-hydrogen) atoms. The summed E-state index contributed by atoms with van der Waals surface area (Å²) < 4.78 is 7.28. The molecule has 0 saturated carbocycles. The molecule has 0 aromatic carbocycles. The molecule has 6 nitrogen and oxygen atoms in total. The normalized spacial score (nSPS) is 22.6. The second-order valence-corrected chi connectivity index (χ2v) is 7.26. The van der Waals surface area contributed by atoms with E-state index < -0.39 is 0 Å². The van der Waals surface area contributed by atoms with Gasteiger partial charge in [-0.25, -0.2) is 0 Å². The van der Waals surface area contributed by atoms with E-state index in [-0.39, 0.29) is 5.56 Å². The molecule has 2 aromatic heterocycles. The van der Waals surface area contributed by atoms with Gasteiger partial charge in [0.05, 0.1) is 12.2 Å². The maximum absolute atomic E-state index is 12.9. The van der Waals surface area contributed by atoms with Crippen LogP contribution < -0.4 is 10.9 Å². The van der Waals surface area contributed by atoms with Crippen LogP contribution in [0, 0.1) is 12.8 Å². The number of hydrogen-bond donors (Lipinski definition) is 1. The number of nitrogens with one attached hydrogen (secondary N) is 1. The first-order valence-electron chi connectivity index (χ1n) is 8.64. The quantitative estimate of drug-likeness (QED) is 0.921. The Labute approximate surface area is 141 Å². The summed E-state index contributed by atoms with van der Waals surface area (Å²) in [5, 5.41) is 7.39. The average molecular weight is 328 g/mol. The van der Waals surface area contributed by atoms with Crippen molar-refractivity contribution < 1.29 is 4.52 Å². The molecule has 128 valence electrons. The number of piperidine rings is 1. The van der Waals surface area contributed by atoms with Gasteiger partial charge in [-0.3, -0.25) is 9.69 Å². The van der Waals surface area contributed by atoms with Crippen molar-refractivity contribution in [2.45, 2.75) is 38.9 Å². The van der Waals surface area contributed by atoms with E-state index in [1.807, 2.05) is 30.7 Å². The molecule has 0 radical (unpaired) electrons. The van der Waals surface area contributed by atoms with Crippen molar-refractivity contribution in [1.29, 1.82) is 0 Å². The van der Waals surface area contributed by atoms with Gasteiger partial charge in [0.2, 0.25) is 0 Å². The minimum atomic E-state index is 0.171. The van der Waals surface area contributed by atoms with Gasteiger partial charge in [0.25, 0.3) is 5.56 Å². The van der Waals surface area contributed by atoms with Gasteiger partial charge >= 0.3 is 0 Å². The molecule has 0 amide bonds. The molecule has 1 fully saturated rings. The lowest BCUT2D eigenvalue weighted by Crippen LogP contribution is -2.45. The van der Waals surface area contributed by atoms with E-state index in [2.05, 4.69) is 21.4 Å². The number of aromatic nitrogens is 2. The van der Waals surface area contributed by atoms with E-state index in [4.69, 9.17) is 4.52 Å². The summed E-state index contributed by atoms with van der Waals surface area (Å²) in [6.45, 7) is 6.03. The van der Waals surface area contributed by atoms with Crippen LogP contribution in [-0.4, -0.2) is 34.8 Å². The van der Waals surface area contributed by atoms with Crippen LogP contribution in [0.1, 0.15) is 35.1 Å². The molecule has 1 N–H and O–H groups in total. The Kier molecular flexibility index (Phi) is 4.02. The van der Waals surface area contributed by atoms with E-state index in [0.29, 0.717) is 24.9 Å². The van der Waals surface area contributed by atoms with E-state index in [1.54, 1.807) is 0 Å². The first-order valence-corrected chi connectivity index (χ1v) is 8.64. The van der Waals surface area contributed by atoms with Crippen molar-refractivity contribution in [2.24, 2.45) is 5.92 Å². The Morgan fingerprint density at radius 3 is 3.04 bits per heavy atom. The molecule has 0 spiro atoms. The molecule has 1 saturated heterocycles. The molecular weight excluding hydrogens is 304 g/mol. The lowest BCUT2D eigenvalue weighted by Gasteiger charge is -2.37. The zero-order valence-electron chi connectivity index (χ0n) is 14.3. The van der Waals surface area contributed by atoms with E-state index in [9.17, 15) is 4.79 Å². The number of hydrogen-bond acceptors (Lipinski definition) is 5. The summed E-state index contributed by atoms with van der Waals surface area (Å²) in [6.07, 6.45) is 1.20. The number of rotatable bonds is 4. The number of nitrogens with zero attached hydrogens (tertiary/aromatic N) is 3. The first-order chi connectivity index (χ1) is 11.6. The molecule has 0 aliphatic carbocycles. The Morgan fingerprint density at radius 1 is 1.38 bits per heavy atom. The predicted octanol–water partition coefficient (Wildman–Crippen LogP) is 1.48. The highest BCUT2D eigenvalue weighted by atomic mass is 16.5. The number of fused-ring (bicyclic) bond motifs is 4. The molecule has 4 rings (SSSR count). The molecule has 2 aromatic rings. The average Bonchev–Trinajstić information content (AvgIpc) is 2.96. The van der Waals surface area contributed by atoms with Crippen LogP contribution in [0.15, 0.2) is 27.5 Å². The lowest BCUT2D eigenvalue weighted by atomic mass is 9.84. The van der Waals surface area contributed by atoms with E-state index in [1.165, 1.54) is 12.1 Å². The second-order valence-electron chi connectivity index (χ2n) is 7.26. The monoisotopic (exact) mass is 328 g/mol. The van der Waals surface area contributed by atoms with Gasteiger partial charge in [0.15, 0.2) is 5.76 Å². The van der Waals surface area contributed by atoms with E-state index in [0.717, 1.165) is 36.7 Å². The summed E-state index contributed by atoms with van der Waals surface area (Å²) in [7, 11) is 2.00. The van der Waals surface area contributed by atoms with Crippen LogP contribution in [-0.2, 0) is 19.6 Å². The Morgan fingerprint density at radius 2 is 2.25 bits per heavy atom. The minimum absolute atomic E-state index is 0.171. The number of aryl methyl sites for hydroxylation is 1. The van der Waals surface area contributed by atoms with Gasteiger partial charge in [0, 0.05) is 42.9 Å².